The molecule has 2 aromatic heterocycles. The molecule has 4 nitrogen and oxygen atoms in total. The van der Waals surface area contributed by atoms with E-state index in [0.717, 1.165) is 31.0 Å². The Kier molecular flexibility index (Phi) is 4.38. The lowest BCUT2D eigenvalue weighted by Gasteiger charge is -2.32. The van der Waals surface area contributed by atoms with Gasteiger partial charge in [-0.25, -0.2) is 9.97 Å². The van der Waals surface area contributed by atoms with E-state index in [2.05, 4.69) is 39.1 Å². The highest BCUT2D eigenvalue weighted by atomic mass is 16.3. The number of hydrogen-bond acceptors (Lipinski definition) is 4. The number of aromatic nitrogens is 2. The minimum Gasteiger partial charge on any atom is -0.464 e. The number of furan rings is 1. The molecule has 0 spiro atoms. The molecule has 0 N–H and O–H groups in total. The Balaban J connectivity index is 1.46. The molecule has 0 amide bonds. The molecule has 0 aliphatic carbocycles. The van der Waals surface area contributed by atoms with Crippen LogP contribution in [0.15, 0.2) is 65.7 Å². The van der Waals surface area contributed by atoms with E-state index in [0.29, 0.717) is 5.92 Å². The van der Waals surface area contributed by atoms with Gasteiger partial charge in [-0.2, -0.15) is 0 Å². The lowest BCUT2D eigenvalue weighted by molar-refractivity contribution is 0.198. The third kappa shape index (κ3) is 3.39. The molecule has 0 saturated carbocycles. The van der Waals surface area contributed by atoms with E-state index in [4.69, 9.17) is 4.42 Å². The van der Waals surface area contributed by atoms with Crippen molar-refractivity contribution in [3.63, 3.8) is 0 Å². The van der Waals surface area contributed by atoms with Gasteiger partial charge in [0.15, 0.2) is 0 Å². The maximum absolute atomic E-state index is 5.51. The third-order valence-electron chi connectivity index (χ3n) is 4.67. The molecule has 0 unspecified atom stereocenters. The predicted octanol–water partition coefficient (Wildman–Crippen LogP) is 4.12. The van der Waals surface area contributed by atoms with E-state index >= 15 is 0 Å². The van der Waals surface area contributed by atoms with Gasteiger partial charge < -0.3 is 4.42 Å². The van der Waals surface area contributed by atoms with E-state index < -0.39 is 0 Å². The molecular formula is C20H21N3O. The minimum absolute atomic E-state index is 0.509. The first-order valence-electron chi connectivity index (χ1n) is 8.49. The van der Waals surface area contributed by atoms with Crippen LogP contribution in [0.3, 0.4) is 0 Å². The second-order valence-corrected chi connectivity index (χ2v) is 6.39. The lowest BCUT2D eigenvalue weighted by atomic mass is 9.94. The van der Waals surface area contributed by atoms with Gasteiger partial charge in [0.25, 0.3) is 0 Å². The molecular weight excluding hydrogens is 298 g/mol. The van der Waals surface area contributed by atoms with E-state index in [1.807, 2.05) is 24.4 Å². The van der Waals surface area contributed by atoms with Crippen molar-refractivity contribution in [2.24, 2.45) is 0 Å². The molecule has 4 heteroatoms. The van der Waals surface area contributed by atoms with Gasteiger partial charge in [0.1, 0.15) is 12.1 Å². The van der Waals surface area contributed by atoms with Gasteiger partial charge in [-0.05, 0) is 49.2 Å². The lowest BCUT2D eigenvalue weighted by Crippen LogP contribution is -2.34. The Labute approximate surface area is 142 Å². The zero-order chi connectivity index (χ0) is 16.2. The number of piperidine rings is 1. The van der Waals surface area contributed by atoms with Crippen LogP contribution in [0.1, 0.15) is 30.0 Å². The van der Waals surface area contributed by atoms with Crippen LogP contribution in [0, 0.1) is 0 Å². The standard InChI is InChI=1S/C20H21N3O/c1-4-16(12-17(5-1)20-7-3-11-24-20)13-23-10-2-6-18(14-23)19-8-9-21-15-22-19/h1,3-5,7-9,11-12,15,18H,2,6,10,13-14H2/t18-/m1/s1. The summed E-state index contributed by atoms with van der Waals surface area (Å²) in [4.78, 5) is 11.0. The summed E-state index contributed by atoms with van der Waals surface area (Å²) in [7, 11) is 0. The number of likely N-dealkylation sites (tertiary alicyclic amines) is 1. The predicted molar refractivity (Wildman–Crippen MR) is 93.4 cm³/mol. The van der Waals surface area contributed by atoms with Crippen molar-refractivity contribution in [1.29, 1.82) is 0 Å². The van der Waals surface area contributed by atoms with Crippen LogP contribution in [0.2, 0.25) is 0 Å². The van der Waals surface area contributed by atoms with Crippen molar-refractivity contribution in [1.82, 2.24) is 14.9 Å². The molecule has 3 aromatic rings. The zero-order valence-corrected chi connectivity index (χ0v) is 13.6. The first-order valence-corrected chi connectivity index (χ1v) is 8.49. The Morgan fingerprint density at radius 2 is 2.17 bits per heavy atom. The summed E-state index contributed by atoms with van der Waals surface area (Å²) in [5.74, 6) is 1.43. The first kappa shape index (κ1) is 15.1. The van der Waals surface area contributed by atoms with Crippen LogP contribution in [0.25, 0.3) is 11.3 Å². The molecule has 3 heterocycles. The largest absolute Gasteiger partial charge is 0.464 e. The van der Waals surface area contributed by atoms with Gasteiger partial charge in [0, 0.05) is 36.5 Å². The highest BCUT2D eigenvalue weighted by Gasteiger charge is 2.22. The molecule has 1 aliphatic rings. The molecule has 0 radical (unpaired) electrons. The summed E-state index contributed by atoms with van der Waals surface area (Å²) in [5.41, 5.74) is 3.63. The summed E-state index contributed by atoms with van der Waals surface area (Å²) in [6.45, 7) is 3.17. The van der Waals surface area contributed by atoms with Crippen molar-refractivity contribution in [3.8, 4) is 11.3 Å². The van der Waals surface area contributed by atoms with E-state index in [1.165, 1.54) is 24.1 Å². The van der Waals surface area contributed by atoms with E-state index in [-0.39, 0.29) is 0 Å². The van der Waals surface area contributed by atoms with Crippen molar-refractivity contribution in [2.75, 3.05) is 13.1 Å². The highest BCUT2D eigenvalue weighted by molar-refractivity contribution is 5.58. The quantitative estimate of drug-likeness (QED) is 0.725. The Bertz CT molecular complexity index is 771. The molecule has 0 bridgehead atoms. The number of benzene rings is 1. The van der Waals surface area contributed by atoms with Gasteiger partial charge >= 0.3 is 0 Å². The molecule has 24 heavy (non-hydrogen) atoms. The topological polar surface area (TPSA) is 42.2 Å². The number of nitrogens with zero attached hydrogens (tertiary/aromatic N) is 3. The average Bonchev–Trinajstić information content (AvgIpc) is 3.18. The second-order valence-electron chi connectivity index (χ2n) is 6.39. The molecule has 1 saturated heterocycles. The van der Waals surface area contributed by atoms with Crippen LogP contribution >= 0.6 is 0 Å². The van der Waals surface area contributed by atoms with Crippen molar-refractivity contribution in [2.45, 2.75) is 25.3 Å². The van der Waals surface area contributed by atoms with Crippen LogP contribution in [-0.4, -0.2) is 28.0 Å². The van der Waals surface area contributed by atoms with Crippen LogP contribution < -0.4 is 0 Å². The van der Waals surface area contributed by atoms with Gasteiger partial charge in [-0.1, -0.05) is 18.2 Å². The molecule has 4 rings (SSSR count). The fourth-order valence-corrected chi connectivity index (χ4v) is 3.51. The smallest absolute Gasteiger partial charge is 0.133 e. The number of hydrogen-bond donors (Lipinski definition) is 0. The SMILES string of the molecule is c1cc(CN2CCC[C@@H](c3ccncn3)C2)cc(-c2ccco2)c1. The van der Waals surface area contributed by atoms with Crippen molar-refractivity contribution in [3.05, 3.63) is 72.5 Å². The molecule has 122 valence electrons. The number of rotatable bonds is 4. The fourth-order valence-electron chi connectivity index (χ4n) is 3.51. The van der Waals surface area contributed by atoms with Gasteiger partial charge in [-0.15, -0.1) is 0 Å². The van der Waals surface area contributed by atoms with Crippen molar-refractivity contribution >= 4 is 0 Å². The maximum atomic E-state index is 5.51. The van der Waals surface area contributed by atoms with Gasteiger partial charge in [-0.3, -0.25) is 4.90 Å². The molecule has 1 aromatic carbocycles. The Hall–Kier alpha value is -2.46. The monoisotopic (exact) mass is 319 g/mol. The van der Waals surface area contributed by atoms with Gasteiger partial charge in [0.05, 0.1) is 6.26 Å². The van der Waals surface area contributed by atoms with E-state index in [1.54, 1.807) is 12.6 Å². The molecule has 1 fully saturated rings. The molecule has 1 aliphatic heterocycles. The van der Waals surface area contributed by atoms with Crippen LogP contribution in [-0.2, 0) is 6.54 Å². The summed E-state index contributed by atoms with van der Waals surface area (Å²) >= 11 is 0. The highest BCUT2D eigenvalue weighted by Crippen LogP contribution is 2.27. The first-order chi connectivity index (χ1) is 11.9. The average molecular weight is 319 g/mol. The van der Waals surface area contributed by atoms with Crippen LogP contribution in [0.4, 0.5) is 0 Å². The zero-order valence-electron chi connectivity index (χ0n) is 13.6. The van der Waals surface area contributed by atoms with Gasteiger partial charge in [0.2, 0.25) is 0 Å². The summed E-state index contributed by atoms with van der Waals surface area (Å²) < 4.78 is 5.51. The third-order valence-corrected chi connectivity index (χ3v) is 4.67. The summed E-state index contributed by atoms with van der Waals surface area (Å²) in [6, 6.07) is 14.6. The normalized spacial score (nSPS) is 18.6. The molecule has 1 atom stereocenters. The Morgan fingerprint density at radius 3 is 3.00 bits per heavy atom. The second kappa shape index (κ2) is 6.97. The minimum atomic E-state index is 0.509. The summed E-state index contributed by atoms with van der Waals surface area (Å²) in [5, 5.41) is 0. The van der Waals surface area contributed by atoms with Crippen LogP contribution in [0.5, 0.6) is 0 Å². The Morgan fingerprint density at radius 1 is 1.17 bits per heavy atom. The fraction of sp³-hybridized carbons (Fsp3) is 0.300. The maximum Gasteiger partial charge on any atom is 0.133 e. The van der Waals surface area contributed by atoms with E-state index in [9.17, 15) is 0 Å². The summed E-state index contributed by atoms with van der Waals surface area (Å²) in [6.07, 6.45) is 7.64. The van der Waals surface area contributed by atoms with Crippen molar-refractivity contribution < 1.29 is 4.42 Å².